The molecule has 0 aliphatic rings. The first kappa shape index (κ1) is 16.5. The lowest BCUT2D eigenvalue weighted by Gasteiger charge is -2.07. The molecule has 7 nitrogen and oxygen atoms in total. The Hall–Kier alpha value is -3.71. The summed E-state index contributed by atoms with van der Waals surface area (Å²) in [4.78, 5) is 17.8. The van der Waals surface area contributed by atoms with Crippen LogP contribution in [-0.4, -0.2) is 30.1 Å². The van der Waals surface area contributed by atoms with Gasteiger partial charge in [-0.05, 0) is 17.7 Å². The number of benzene rings is 2. The molecule has 0 amide bonds. The van der Waals surface area contributed by atoms with Crippen molar-refractivity contribution in [3.8, 4) is 11.3 Å². The number of hydrogen-bond acceptors (Lipinski definition) is 6. The maximum atomic E-state index is 4.67. The Morgan fingerprint density at radius 2 is 1.82 bits per heavy atom. The van der Waals surface area contributed by atoms with E-state index in [1.807, 2.05) is 42.6 Å². The number of fused-ring (bicyclic) bond motifs is 2. The van der Waals surface area contributed by atoms with Crippen LogP contribution in [0.5, 0.6) is 0 Å². The van der Waals surface area contributed by atoms with Crippen LogP contribution in [0, 0.1) is 0 Å². The van der Waals surface area contributed by atoms with Gasteiger partial charge in [-0.2, -0.15) is 5.10 Å². The summed E-state index contributed by atoms with van der Waals surface area (Å²) in [6, 6.07) is 16.4. The van der Waals surface area contributed by atoms with E-state index in [1.165, 1.54) is 11.9 Å². The zero-order chi connectivity index (χ0) is 18.8. The van der Waals surface area contributed by atoms with Gasteiger partial charge in [-0.25, -0.2) is 19.9 Å². The molecule has 136 valence electrons. The highest BCUT2D eigenvalue weighted by molar-refractivity contribution is 5.92. The number of nitrogens with one attached hydrogen (secondary N) is 2. The molecule has 5 aromatic rings. The van der Waals surface area contributed by atoms with Gasteiger partial charge in [0, 0.05) is 23.7 Å². The lowest BCUT2D eigenvalue weighted by Crippen LogP contribution is -2.14. The van der Waals surface area contributed by atoms with Crippen molar-refractivity contribution in [2.75, 3.05) is 0 Å². The summed E-state index contributed by atoms with van der Waals surface area (Å²) >= 11 is 0. The number of nitrogens with zero attached hydrogens (tertiary/aromatic N) is 5. The minimum absolute atomic E-state index is 0.619. The van der Waals surface area contributed by atoms with Gasteiger partial charge in [-0.1, -0.05) is 36.4 Å². The van der Waals surface area contributed by atoms with Crippen LogP contribution in [0.4, 0.5) is 0 Å². The third-order valence-corrected chi connectivity index (χ3v) is 4.61. The molecular formula is C21H17N7. The fourth-order valence-electron chi connectivity index (χ4n) is 3.21. The Bertz CT molecular complexity index is 1250. The summed E-state index contributed by atoms with van der Waals surface area (Å²) in [5.41, 5.74) is 4.70. The number of aromatic nitrogens is 6. The van der Waals surface area contributed by atoms with Gasteiger partial charge in [0.15, 0.2) is 5.65 Å². The second kappa shape index (κ2) is 7.13. The Balaban J connectivity index is 1.38. The lowest BCUT2D eigenvalue weighted by molar-refractivity contribution is 0.665. The Morgan fingerprint density at radius 1 is 0.893 bits per heavy atom. The molecular weight excluding hydrogens is 350 g/mol. The smallest absolute Gasteiger partial charge is 0.159 e. The molecule has 0 bridgehead atoms. The Labute approximate surface area is 160 Å². The van der Waals surface area contributed by atoms with E-state index in [9.17, 15) is 0 Å². The number of rotatable bonds is 5. The predicted octanol–water partition coefficient (Wildman–Crippen LogP) is 3.25. The van der Waals surface area contributed by atoms with Gasteiger partial charge in [-0.15, -0.1) is 0 Å². The van der Waals surface area contributed by atoms with Crippen LogP contribution < -0.4 is 5.32 Å². The van der Waals surface area contributed by atoms with Crippen LogP contribution in [0.3, 0.4) is 0 Å². The molecule has 0 fully saturated rings. The van der Waals surface area contributed by atoms with Crippen molar-refractivity contribution < 1.29 is 0 Å². The van der Waals surface area contributed by atoms with Gasteiger partial charge in [0.2, 0.25) is 0 Å². The average molecular weight is 367 g/mol. The Morgan fingerprint density at radius 3 is 2.75 bits per heavy atom. The van der Waals surface area contributed by atoms with Crippen LogP contribution in [0.15, 0.2) is 67.3 Å². The highest BCUT2D eigenvalue weighted by Crippen LogP contribution is 2.26. The van der Waals surface area contributed by atoms with Crippen molar-refractivity contribution in [3.05, 3.63) is 78.6 Å². The van der Waals surface area contributed by atoms with E-state index >= 15 is 0 Å². The fraction of sp³-hybridized carbons (Fsp3) is 0.0952. The maximum absolute atomic E-state index is 4.67. The van der Waals surface area contributed by atoms with E-state index in [-0.39, 0.29) is 0 Å². The minimum Gasteiger partial charge on any atom is -0.306 e. The minimum atomic E-state index is 0.619. The van der Waals surface area contributed by atoms with Crippen LogP contribution in [0.2, 0.25) is 0 Å². The molecule has 0 saturated heterocycles. The van der Waals surface area contributed by atoms with Crippen molar-refractivity contribution in [1.29, 1.82) is 0 Å². The third-order valence-electron chi connectivity index (χ3n) is 4.61. The normalized spacial score (nSPS) is 11.3. The third kappa shape index (κ3) is 3.19. The van der Waals surface area contributed by atoms with Crippen LogP contribution in [-0.2, 0) is 13.1 Å². The molecule has 0 unspecified atom stereocenters. The van der Waals surface area contributed by atoms with Crippen molar-refractivity contribution in [1.82, 2.24) is 35.5 Å². The largest absolute Gasteiger partial charge is 0.306 e. The van der Waals surface area contributed by atoms with Crippen molar-refractivity contribution in [3.63, 3.8) is 0 Å². The highest BCUT2D eigenvalue weighted by atomic mass is 15.1. The maximum Gasteiger partial charge on any atom is 0.159 e. The van der Waals surface area contributed by atoms with Gasteiger partial charge >= 0.3 is 0 Å². The molecule has 0 atom stereocenters. The van der Waals surface area contributed by atoms with Crippen LogP contribution in [0.25, 0.3) is 33.2 Å². The molecule has 2 N–H and O–H groups in total. The highest BCUT2D eigenvalue weighted by Gasteiger charge is 2.09. The average Bonchev–Trinajstić information content (AvgIpc) is 3.23. The SMILES string of the molecule is c1ccc(CNCc2ncc3cc(-c4ncnc5[nH]ncc45)ccc3n2)cc1. The van der Waals surface area contributed by atoms with Crippen LogP contribution in [0.1, 0.15) is 11.4 Å². The summed E-state index contributed by atoms with van der Waals surface area (Å²) in [6.45, 7) is 1.41. The van der Waals surface area contributed by atoms with E-state index in [1.54, 1.807) is 6.20 Å². The molecule has 0 saturated carbocycles. The first-order chi connectivity index (χ1) is 13.9. The molecule has 0 spiro atoms. The molecule has 0 aliphatic carbocycles. The zero-order valence-electron chi connectivity index (χ0n) is 15.0. The molecule has 3 heterocycles. The summed E-state index contributed by atoms with van der Waals surface area (Å²) in [6.07, 6.45) is 5.14. The molecule has 28 heavy (non-hydrogen) atoms. The van der Waals surface area contributed by atoms with E-state index in [4.69, 9.17) is 0 Å². The summed E-state index contributed by atoms with van der Waals surface area (Å²) < 4.78 is 0. The predicted molar refractivity (Wildman–Crippen MR) is 107 cm³/mol. The van der Waals surface area contributed by atoms with Crippen LogP contribution >= 0.6 is 0 Å². The lowest BCUT2D eigenvalue weighted by atomic mass is 10.1. The van der Waals surface area contributed by atoms with Gasteiger partial charge in [0.25, 0.3) is 0 Å². The standard InChI is InChI=1S/C21H17N7/c1-2-4-14(5-3-1)9-22-12-19-23-10-16-8-15(6-7-18(16)27-19)20-17-11-26-28-21(17)25-13-24-20/h1-8,10-11,13,22H,9,12H2,(H,24,25,26,28). The summed E-state index contributed by atoms with van der Waals surface area (Å²) in [7, 11) is 0. The van der Waals surface area contributed by atoms with Gasteiger partial charge in [0.1, 0.15) is 12.2 Å². The monoisotopic (exact) mass is 367 g/mol. The van der Waals surface area contributed by atoms with Gasteiger partial charge in [0.05, 0.1) is 29.3 Å². The summed E-state index contributed by atoms with van der Waals surface area (Å²) in [5, 5.41) is 12.2. The number of aromatic amines is 1. The van der Waals surface area contributed by atoms with Gasteiger partial charge < -0.3 is 5.32 Å². The molecule has 2 aromatic carbocycles. The zero-order valence-corrected chi connectivity index (χ0v) is 15.0. The summed E-state index contributed by atoms with van der Waals surface area (Å²) in [5.74, 6) is 0.774. The molecule has 7 heteroatoms. The Kier molecular flexibility index (Phi) is 4.19. The molecule has 5 rings (SSSR count). The number of H-pyrrole nitrogens is 1. The molecule has 0 aliphatic heterocycles. The van der Waals surface area contributed by atoms with Crippen molar-refractivity contribution >= 4 is 21.9 Å². The first-order valence-corrected chi connectivity index (χ1v) is 9.01. The van der Waals surface area contributed by atoms with E-state index in [2.05, 4.69) is 47.6 Å². The van der Waals surface area contributed by atoms with Crippen molar-refractivity contribution in [2.24, 2.45) is 0 Å². The van der Waals surface area contributed by atoms with Crippen molar-refractivity contribution in [2.45, 2.75) is 13.1 Å². The molecule has 0 radical (unpaired) electrons. The second-order valence-corrected chi connectivity index (χ2v) is 6.50. The number of hydrogen-bond donors (Lipinski definition) is 2. The van der Waals surface area contributed by atoms with E-state index in [0.29, 0.717) is 6.54 Å². The second-order valence-electron chi connectivity index (χ2n) is 6.50. The first-order valence-electron chi connectivity index (χ1n) is 9.01. The quantitative estimate of drug-likeness (QED) is 0.495. The van der Waals surface area contributed by atoms with Gasteiger partial charge in [-0.3, -0.25) is 5.10 Å². The fourth-order valence-corrected chi connectivity index (χ4v) is 3.21. The topological polar surface area (TPSA) is 92.3 Å². The molecule has 3 aromatic heterocycles. The van der Waals surface area contributed by atoms with E-state index < -0.39 is 0 Å². The van der Waals surface area contributed by atoms with E-state index in [0.717, 1.165) is 45.6 Å².